The third-order valence-electron chi connectivity index (χ3n) is 14.6. The number of carbonyl (C=O) groups is 3. The maximum absolute atomic E-state index is 16.1. The van der Waals surface area contributed by atoms with Crippen LogP contribution in [0.25, 0.3) is 16.7 Å². The Morgan fingerprint density at radius 3 is 2.50 bits per heavy atom. The van der Waals surface area contributed by atoms with Crippen LogP contribution < -0.4 is 21.2 Å². The van der Waals surface area contributed by atoms with Crippen molar-refractivity contribution < 1.29 is 36.7 Å². The number of ether oxygens (including phenoxy) is 1. The van der Waals surface area contributed by atoms with Gasteiger partial charge in [0.05, 0.1) is 60.3 Å². The van der Waals surface area contributed by atoms with Gasteiger partial charge in [0.15, 0.2) is 11.3 Å². The second-order valence-corrected chi connectivity index (χ2v) is 18.3. The molecular weight excluding hydrogens is 841 g/mol. The highest BCUT2D eigenvalue weighted by molar-refractivity contribution is 6.08. The van der Waals surface area contributed by atoms with Gasteiger partial charge in [0.2, 0.25) is 11.8 Å². The first-order valence-corrected chi connectivity index (χ1v) is 22.1. The van der Waals surface area contributed by atoms with Crippen LogP contribution in [-0.4, -0.2) is 131 Å². The summed E-state index contributed by atoms with van der Waals surface area (Å²) in [5.74, 6) is -3.89. The van der Waals surface area contributed by atoms with Crippen LogP contribution in [0, 0.1) is 0 Å². The number of benzene rings is 1. The first kappa shape index (κ1) is 41.1. The van der Waals surface area contributed by atoms with Crippen molar-refractivity contribution in [3.05, 3.63) is 70.2 Å². The lowest BCUT2D eigenvalue weighted by atomic mass is 9.84. The van der Waals surface area contributed by atoms with Crippen LogP contribution in [0.2, 0.25) is 0 Å². The molecular formula is C43H48F4N12O5. The number of aryl methyl sites for hydroxylation is 1. The quantitative estimate of drug-likeness (QED) is 0.162. The van der Waals surface area contributed by atoms with Crippen LogP contribution in [0.1, 0.15) is 97.4 Å². The van der Waals surface area contributed by atoms with Crippen LogP contribution in [0.4, 0.5) is 29.1 Å². The molecule has 2 bridgehead atoms. The molecule has 5 saturated heterocycles. The summed E-state index contributed by atoms with van der Waals surface area (Å²) in [7, 11) is 1.64. The zero-order valence-electron chi connectivity index (χ0n) is 35.1. The van der Waals surface area contributed by atoms with E-state index >= 15 is 8.78 Å². The SMILES string of the molecule is Cn1c(=O)n(C2CCC(=O)NC2=O)c2cccc(C3CN([C@@H]4CCN([C@H]5CC[C@H](n6cc(NC(=O)c7cnn8ccc(N9C[C@H]%10C[C@@H]9CO%10)nc78)c(C(F)F)n6)CC5)CC4(F)F)C3)c21. The number of para-hydroxylation sites is 1. The van der Waals surface area contributed by atoms with Crippen LogP contribution in [0.3, 0.4) is 0 Å². The van der Waals surface area contributed by atoms with E-state index in [-0.39, 0.29) is 78.8 Å². The van der Waals surface area contributed by atoms with Gasteiger partial charge in [0, 0.05) is 64.0 Å². The number of piperidine rings is 2. The second-order valence-electron chi connectivity index (χ2n) is 18.3. The molecule has 5 aliphatic heterocycles. The number of hydrogen-bond acceptors (Lipinski definition) is 11. The van der Waals surface area contributed by atoms with Gasteiger partial charge in [0.25, 0.3) is 18.3 Å². The van der Waals surface area contributed by atoms with E-state index < -0.39 is 41.9 Å². The molecule has 6 aliphatic rings. The summed E-state index contributed by atoms with van der Waals surface area (Å²) < 4.78 is 72.4. The van der Waals surface area contributed by atoms with Gasteiger partial charge in [-0.3, -0.25) is 43.3 Å². The first-order chi connectivity index (χ1) is 30.8. The van der Waals surface area contributed by atoms with E-state index in [1.165, 1.54) is 30.7 Å². The van der Waals surface area contributed by atoms with E-state index in [1.54, 1.807) is 19.3 Å². The van der Waals surface area contributed by atoms with Crippen molar-refractivity contribution >= 4 is 45.9 Å². The first-order valence-electron chi connectivity index (χ1n) is 22.1. The van der Waals surface area contributed by atoms with Crippen LogP contribution in [0.15, 0.2) is 47.7 Å². The number of amides is 3. The standard InChI is InChI=1S/C43H48F4N12O5/c1-53-37-28(3-2-4-31(37)59(42(53)63)32-9-10-35(60)51-41(32)62)23-17-55(18-23)33-11-13-54(22-43(33,46)47)24-5-7-25(8-6-24)58-20-30(36(52-58)38(44)45)49-40(61)29-16-48-57-14-12-34(50-39(29)57)56-19-27-15-26(56)21-64-27/h2-4,12,14,16,20,23-27,32-33,38H,5-11,13,15,17-19,21-22H2,1H3,(H,49,61)(H,51,60,62)/t24-,25-,26-,27-,32?,33-/m1/s1. The molecule has 1 unspecified atom stereocenters. The molecule has 11 rings (SSSR count). The Morgan fingerprint density at radius 1 is 0.984 bits per heavy atom. The van der Waals surface area contributed by atoms with Crippen molar-refractivity contribution in [2.24, 2.45) is 7.05 Å². The number of morpholine rings is 1. The molecule has 3 amide bonds. The highest BCUT2D eigenvalue weighted by Crippen LogP contribution is 2.42. The predicted octanol–water partition coefficient (Wildman–Crippen LogP) is 4.02. The Balaban J connectivity index is 0.713. The van der Waals surface area contributed by atoms with E-state index in [2.05, 4.69) is 25.7 Å². The number of imide groups is 1. The summed E-state index contributed by atoms with van der Waals surface area (Å²) in [6.07, 6.45) is 5.53. The van der Waals surface area contributed by atoms with E-state index in [0.717, 1.165) is 12.0 Å². The Morgan fingerprint density at radius 2 is 1.78 bits per heavy atom. The molecule has 338 valence electrons. The fourth-order valence-electron chi connectivity index (χ4n) is 11.3. The molecule has 2 N–H and O–H groups in total. The number of aromatic nitrogens is 7. The fraction of sp³-hybridized carbons (Fsp3) is 0.558. The number of fused-ring (bicyclic) bond motifs is 4. The molecule has 4 aromatic heterocycles. The van der Waals surface area contributed by atoms with E-state index in [1.807, 2.05) is 28.0 Å². The molecule has 17 nitrogen and oxygen atoms in total. The summed E-state index contributed by atoms with van der Waals surface area (Å²) in [6.45, 7) is 2.24. The number of carbonyl (C=O) groups excluding carboxylic acids is 3. The van der Waals surface area contributed by atoms with Gasteiger partial charge in [-0.1, -0.05) is 12.1 Å². The molecule has 0 spiro atoms. The van der Waals surface area contributed by atoms with E-state index in [4.69, 9.17) is 9.72 Å². The molecule has 6 fully saturated rings. The minimum Gasteiger partial charge on any atom is -0.374 e. The summed E-state index contributed by atoms with van der Waals surface area (Å²) in [5.41, 5.74) is 1.52. The zero-order valence-corrected chi connectivity index (χ0v) is 35.1. The van der Waals surface area contributed by atoms with Crippen LogP contribution >= 0.6 is 0 Å². The van der Waals surface area contributed by atoms with Gasteiger partial charge in [-0.15, -0.1) is 0 Å². The van der Waals surface area contributed by atoms with Crippen molar-refractivity contribution in [1.29, 1.82) is 0 Å². The van der Waals surface area contributed by atoms with Gasteiger partial charge in [-0.05, 0) is 62.6 Å². The second kappa shape index (κ2) is 15.5. The minimum absolute atomic E-state index is 0.0834. The molecule has 0 radical (unpaired) electrons. The number of nitrogens with zero attached hydrogens (tertiary/aromatic N) is 10. The molecule has 64 heavy (non-hydrogen) atoms. The summed E-state index contributed by atoms with van der Waals surface area (Å²) in [4.78, 5) is 62.1. The molecule has 1 aromatic carbocycles. The highest BCUT2D eigenvalue weighted by Gasteiger charge is 2.52. The van der Waals surface area contributed by atoms with Crippen LogP contribution in [0.5, 0.6) is 0 Å². The van der Waals surface area contributed by atoms with Crippen molar-refractivity contribution in [2.75, 3.05) is 49.5 Å². The summed E-state index contributed by atoms with van der Waals surface area (Å²) in [5, 5.41) is 13.4. The van der Waals surface area contributed by atoms with Crippen molar-refractivity contribution in [3.63, 3.8) is 0 Å². The molecule has 4 atom stereocenters. The maximum atomic E-state index is 16.1. The monoisotopic (exact) mass is 888 g/mol. The number of likely N-dealkylation sites (tertiary alicyclic amines) is 2. The molecule has 1 aliphatic carbocycles. The molecule has 5 aromatic rings. The molecule has 1 saturated carbocycles. The third kappa shape index (κ3) is 6.88. The lowest BCUT2D eigenvalue weighted by Gasteiger charge is -2.51. The smallest absolute Gasteiger partial charge is 0.329 e. The Bertz CT molecular complexity index is 2740. The Kier molecular flexibility index (Phi) is 9.95. The largest absolute Gasteiger partial charge is 0.374 e. The van der Waals surface area contributed by atoms with Gasteiger partial charge >= 0.3 is 5.69 Å². The summed E-state index contributed by atoms with van der Waals surface area (Å²) >= 11 is 0. The average molecular weight is 889 g/mol. The van der Waals surface area contributed by atoms with Crippen molar-refractivity contribution in [1.82, 2.24) is 48.6 Å². The lowest BCUT2D eigenvalue weighted by molar-refractivity contribution is -0.151. The van der Waals surface area contributed by atoms with Crippen molar-refractivity contribution in [3.8, 4) is 0 Å². The van der Waals surface area contributed by atoms with E-state index in [9.17, 15) is 28.0 Å². The molecule has 21 heteroatoms. The minimum atomic E-state index is -2.98. The maximum Gasteiger partial charge on any atom is 0.329 e. The van der Waals surface area contributed by atoms with Gasteiger partial charge in [-0.2, -0.15) is 10.2 Å². The summed E-state index contributed by atoms with van der Waals surface area (Å²) in [6, 6.07) is 5.44. The van der Waals surface area contributed by atoms with Gasteiger partial charge < -0.3 is 15.0 Å². The Labute approximate surface area is 363 Å². The fourth-order valence-corrected chi connectivity index (χ4v) is 11.3. The van der Waals surface area contributed by atoms with E-state index in [0.29, 0.717) is 81.0 Å². The number of anilines is 2. The number of alkyl halides is 4. The van der Waals surface area contributed by atoms with Gasteiger partial charge in [-0.25, -0.2) is 31.9 Å². The Hall–Kier alpha value is -5.67. The number of imidazole rings is 1. The number of hydrogen-bond donors (Lipinski definition) is 2. The molecule has 9 heterocycles. The number of halogens is 4. The predicted molar refractivity (Wildman–Crippen MR) is 223 cm³/mol. The normalized spacial score (nSPS) is 27.8. The third-order valence-corrected chi connectivity index (χ3v) is 14.6. The van der Waals surface area contributed by atoms with Gasteiger partial charge in [0.1, 0.15) is 17.4 Å². The lowest BCUT2D eigenvalue weighted by Crippen LogP contribution is -2.64. The highest BCUT2D eigenvalue weighted by atomic mass is 19.3. The number of nitrogens with one attached hydrogen (secondary N) is 2. The van der Waals surface area contributed by atoms with Crippen molar-refractivity contribution in [2.45, 2.75) is 106 Å². The zero-order chi connectivity index (χ0) is 44.2. The van der Waals surface area contributed by atoms with Crippen LogP contribution in [-0.2, 0) is 21.4 Å². The average Bonchev–Trinajstić information content (AvgIpc) is 4.11. The topological polar surface area (TPSA) is 169 Å². The number of rotatable bonds is 9.